The van der Waals surface area contributed by atoms with E-state index in [-0.39, 0.29) is 11.4 Å². The molecule has 0 unspecified atom stereocenters. The molecule has 2 fully saturated rings. The standard InChI is InChI=1S/C20H26N6O/c1-25-10-6-20(7-11-25)8-12-26(14-20)19(27)24-18-16(21)4-5-17(23-18)15-3-2-9-22-13-15/h2-5,9,13H,6-8,10-12,14,21H2,1H3,(H,23,24,27). The van der Waals surface area contributed by atoms with Gasteiger partial charge in [-0.2, -0.15) is 0 Å². The average Bonchev–Trinajstić information content (AvgIpc) is 3.11. The summed E-state index contributed by atoms with van der Waals surface area (Å²) in [5, 5.41) is 2.91. The third-order valence-electron chi connectivity index (χ3n) is 5.88. The van der Waals surface area contributed by atoms with Crippen LogP contribution in [0.4, 0.5) is 16.3 Å². The Morgan fingerprint density at radius 2 is 1.96 bits per heavy atom. The predicted molar refractivity (Wildman–Crippen MR) is 106 cm³/mol. The number of piperidine rings is 1. The van der Waals surface area contributed by atoms with Gasteiger partial charge in [-0.3, -0.25) is 10.3 Å². The summed E-state index contributed by atoms with van der Waals surface area (Å²) in [6.45, 7) is 3.82. The Balaban J connectivity index is 1.46. The van der Waals surface area contributed by atoms with E-state index in [9.17, 15) is 4.79 Å². The van der Waals surface area contributed by atoms with Crippen LogP contribution in [0.1, 0.15) is 19.3 Å². The third kappa shape index (κ3) is 3.73. The molecule has 2 aliphatic rings. The number of hydrogen-bond donors (Lipinski definition) is 2. The molecule has 27 heavy (non-hydrogen) atoms. The number of nitrogens with two attached hydrogens (primary N) is 1. The van der Waals surface area contributed by atoms with Crippen LogP contribution in [0.25, 0.3) is 11.3 Å². The van der Waals surface area contributed by atoms with Crippen LogP contribution in [0.15, 0.2) is 36.7 Å². The Morgan fingerprint density at radius 3 is 2.70 bits per heavy atom. The zero-order valence-corrected chi connectivity index (χ0v) is 15.7. The van der Waals surface area contributed by atoms with Gasteiger partial charge in [0.2, 0.25) is 0 Å². The van der Waals surface area contributed by atoms with Crippen molar-refractivity contribution in [2.24, 2.45) is 5.41 Å². The van der Waals surface area contributed by atoms with E-state index in [2.05, 4.69) is 27.2 Å². The van der Waals surface area contributed by atoms with Gasteiger partial charge in [0.25, 0.3) is 0 Å². The number of likely N-dealkylation sites (tertiary alicyclic amines) is 2. The number of pyridine rings is 2. The molecule has 4 rings (SSSR count). The Bertz CT molecular complexity index is 816. The highest BCUT2D eigenvalue weighted by atomic mass is 16.2. The van der Waals surface area contributed by atoms with Crippen molar-refractivity contribution in [1.29, 1.82) is 0 Å². The number of aromatic nitrogens is 2. The van der Waals surface area contributed by atoms with E-state index in [0.29, 0.717) is 11.5 Å². The number of urea groups is 1. The van der Waals surface area contributed by atoms with E-state index < -0.39 is 0 Å². The number of nitrogens with zero attached hydrogens (tertiary/aromatic N) is 4. The van der Waals surface area contributed by atoms with Crippen molar-refractivity contribution in [2.75, 3.05) is 44.3 Å². The minimum atomic E-state index is -0.117. The molecule has 0 bridgehead atoms. The quantitative estimate of drug-likeness (QED) is 0.853. The number of nitrogen functional groups attached to an aromatic ring is 1. The molecule has 2 aromatic rings. The number of amides is 2. The van der Waals surface area contributed by atoms with Gasteiger partial charge >= 0.3 is 6.03 Å². The first kappa shape index (κ1) is 17.7. The molecule has 4 heterocycles. The maximum absolute atomic E-state index is 12.8. The van der Waals surface area contributed by atoms with Crippen molar-refractivity contribution in [3.05, 3.63) is 36.7 Å². The van der Waals surface area contributed by atoms with Crippen LogP contribution in [0.2, 0.25) is 0 Å². The van der Waals surface area contributed by atoms with Crippen LogP contribution in [0, 0.1) is 5.41 Å². The van der Waals surface area contributed by atoms with Crippen molar-refractivity contribution >= 4 is 17.5 Å². The first-order valence-electron chi connectivity index (χ1n) is 9.46. The SMILES string of the molecule is CN1CCC2(CC1)CCN(C(=O)Nc1nc(-c3cccnc3)ccc1N)C2. The fourth-order valence-corrected chi connectivity index (χ4v) is 4.03. The maximum atomic E-state index is 12.8. The number of nitrogens with one attached hydrogen (secondary N) is 1. The molecule has 0 aromatic carbocycles. The summed E-state index contributed by atoms with van der Waals surface area (Å²) in [4.78, 5) is 25.7. The summed E-state index contributed by atoms with van der Waals surface area (Å²) >= 11 is 0. The summed E-state index contributed by atoms with van der Waals surface area (Å²) in [6, 6.07) is 7.28. The molecule has 0 radical (unpaired) electrons. The van der Waals surface area contributed by atoms with Gasteiger partial charge in [0, 0.05) is 31.0 Å². The topological polar surface area (TPSA) is 87.4 Å². The first-order chi connectivity index (χ1) is 13.0. The molecule has 0 saturated carbocycles. The van der Waals surface area contributed by atoms with Crippen molar-refractivity contribution in [3.8, 4) is 11.3 Å². The van der Waals surface area contributed by atoms with Gasteiger partial charge in [0.1, 0.15) is 0 Å². The molecule has 2 saturated heterocycles. The summed E-state index contributed by atoms with van der Waals surface area (Å²) in [5.74, 6) is 0.408. The smallest absolute Gasteiger partial charge is 0.323 e. The van der Waals surface area contributed by atoms with E-state index in [1.165, 1.54) is 0 Å². The van der Waals surface area contributed by atoms with Crippen LogP contribution in [0.3, 0.4) is 0 Å². The van der Waals surface area contributed by atoms with Gasteiger partial charge in [0.15, 0.2) is 5.82 Å². The molecule has 2 aromatic heterocycles. The monoisotopic (exact) mass is 366 g/mol. The maximum Gasteiger partial charge on any atom is 0.323 e. The number of hydrogen-bond acceptors (Lipinski definition) is 5. The molecule has 0 aliphatic carbocycles. The van der Waals surface area contributed by atoms with Crippen LogP contribution < -0.4 is 11.1 Å². The fourth-order valence-electron chi connectivity index (χ4n) is 4.03. The minimum Gasteiger partial charge on any atom is -0.396 e. The lowest BCUT2D eigenvalue weighted by Crippen LogP contribution is -2.41. The molecular weight excluding hydrogens is 340 g/mol. The van der Waals surface area contributed by atoms with Crippen molar-refractivity contribution in [2.45, 2.75) is 19.3 Å². The van der Waals surface area contributed by atoms with Crippen molar-refractivity contribution < 1.29 is 4.79 Å². The third-order valence-corrected chi connectivity index (χ3v) is 5.88. The molecule has 2 amide bonds. The van der Waals surface area contributed by atoms with Gasteiger partial charge in [-0.05, 0) is 69.1 Å². The average molecular weight is 366 g/mol. The van der Waals surface area contributed by atoms with Crippen LogP contribution in [0.5, 0.6) is 0 Å². The van der Waals surface area contributed by atoms with Crippen LogP contribution in [-0.2, 0) is 0 Å². The number of rotatable bonds is 2. The lowest BCUT2D eigenvalue weighted by Gasteiger charge is -2.37. The second-order valence-corrected chi connectivity index (χ2v) is 7.78. The molecule has 7 heteroatoms. The lowest BCUT2D eigenvalue weighted by atomic mass is 9.78. The molecule has 142 valence electrons. The van der Waals surface area contributed by atoms with E-state index in [1.807, 2.05) is 23.1 Å². The van der Waals surface area contributed by atoms with E-state index >= 15 is 0 Å². The summed E-state index contributed by atoms with van der Waals surface area (Å²) in [7, 11) is 2.16. The van der Waals surface area contributed by atoms with Gasteiger partial charge in [0.05, 0.1) is 11.4 Å². The van der Waals surface area contributed by atoms with Gasteiger partial charge in [-0.25, -0.2) is 9.78 Å². The molecule has 3 N–H and O–H groups in total. The predicted octanol–water partition coefficient (Wildman–Crippen LogP) is 2.68. The van der Waals surface area contributed by atoms with E-state index in [4.69, 9.17) is 5.73 Å². The molecule has 1 spiro atoms. The van der Waals surface area contributed by atoms with Gasteiger partial charge in [-0.1, -0.05) is 0 Å². The lowest BCUT2D eigenvalue weighted by molar-refractivity contribution is 0.129. The Kier molecular flexibility index (Phi) is 4.70. The fraction of sp³-hybridized carbons (Fsp3) is 0.450. The highest BCUT2D eigenvalue weighted by molar-refractivity contribution is 5.92. The molecule has 2 aliphatic heterocycles. The first-order valence-corrected chi connectivity index (χ1v) is 9.46. The molecule has 7 nitrogen and oxygen atoms in total. The summed E-state index contributed by atoms with van der Waals surface area (Å²) in [5.41, 5.74) is 8.41. The van der Waals surface area contributed by atoms with Crippen LogP contribution in [-0.4, -0.2) is 59.0 Å². The van der Waals surface area contributed by atoms with E-state index in [0.717, 1.165) is 56.7 Å². The van der Waals surface area contributed by atoms with Crippen molar-refractivity contribution in [1.82, 2.24) is 19.8 Å². The number of carbonyl (C=O) groups excluding carboxylic acids is 1. The van der Waals surface area contributed by atoms with Gasteiger partial charge < -0.3 is 15.5 Å². The second kappa shape index (κ2) is 7.15. The van der Waals surface area contributed by atoms with E-state index in [1.54, 1.807) is 18.5 Å². The number of anilines is 2. The molecule has 0 atom stereocenters. The number of carbonyl (C=O) groups is 1. The Hall–Kier alpha value is -2.67. The minimum absolute atomic E-state index is 0.117. The highest BCUT2D eigenvalue weighted by Crippen LogP contribution is 2.40. The van der Waals surface area contributed by atoms with Crippen LogP contribution >= 0.6 is 0 Å². The van der Waals surface area contributed by atoms with Crippen molar-refractivity contribution in [3.63, 3.8) is 0 Å². The Morgan fingerprint density at radius 1 is 1.19 bits per heavy atom. The normalized spacial score (nSPS) is 19.4. The summed E-state index contributed by atoms with van der Waals surface area (Å²) in [6.07, 6.45) is 6.85. The Labute approximate surface area is 159 Å². The van der Waals surface area contributed by atoms with Gasteiger partial charge in [-0.15, -0.1) is 0 Å². The zero-order chi connectivity index (χ0) is 18.9. The largest absolute Gasteiger partial charge is 0.396 e. The second-order valence-electron chi connectivity index (χ2n) is 7.78. The summed E-state index contributed by atoms with van der Waals surface area (Å²) < 4.78 is 0. The highest BCUT2D eigenvalue weighted by Gasteiger charge is 2.41. The molecular formula is C20H26N6O. The zero-order valence-electron chi connectivity index (χ0n) is 15.7.